The highest BCUT2D eigenvalue weighted by Gasteiger charge is 2.19. The van der Waals surface area contributed by atoms with E-state index in [0.717, 1.165) is 19.3 Å². The summed E-state index contributed by atoms with van der Waals surface area (Å²) in [5, 5.41) is 5.12. The zero-order valence-electron chi connectivity index (χ0n) is 23.7. The number of para-hydroxylation sites is 2. The summed E-state index contributed by atoms with van der Waals surface area (Å²) in [5.41, 5.74) is 10.0. The van der Waals surface area contributed by atoms with Gasteiger partial charge in [-0.1, -0.05) is 116 Å². The maximum absolute atomic E-state index is 4.15. The second-order valence-electron chi connectivity index (χ2n) is 10.4. The van der Waals surface area contributed by atoms with Gasteiger partial charge in [-0.25, -0.2) is 0 Å². The second-order valence-corrected chi connectivity index (χ2v) is 10.4. The first kappa shape index (κ1) is 26.3. The quantitative estimate of drug-likeness (QED) is 0.107. The molecule has 0 bridgehead atoms. The van der Waals surface area contributed by atoms with Gasteiger partial charge in [0.15, 0.2) is 0 Å². The molecular weight excluding hydrogens is 494 g/mol. The highest BCUT2D eigenvalue weighted by atomic mass is 15.0. The number of benzene rings is 4. The minimum atomic E-state index is 0.869. The summed E-state index contributed by atoms with van der Waals surface area (Å²) in [7, 11) is 0. The summed E-state index contributed by atoms with van der Waals surface area (Å²) in [6, 6.07) is 35.3. The maximum atomic E-state index is 4.15. The Kier molecular flexibility index (Phi) is 7.52. The van der Waals surface area contributed by atoms with Crippen molar-refractivity contribution in [1.29, 1.82) is 0 Å². The average Bonchev–Trinajstić information content (AvgIpc) is 3.36. The Morgan fingerprint density at radius 3 is 2.02 bits per heavy atom. The number of hydrogen-bond donors (Lipinski definition) is 0. The van der Waals surface area contributed by atoms with Crippen LogP contribution in [0.1, 0.15) is 31.7 Å². The fourth-order valence-corrected chi connectivity index (χ4v) is 6.13. The third-order valence-corrected chi connectivity index (χ3v) is 8.00. The van der Waals surface area contributed by atoms with E-state index >= 15 is 0 Å². The third kappa shape index (κ3) is 4.85. The number of unbranched alkanes of at least 4 members (excludes halogenated alkanes) is 1. The van der Waals surface area contributed by atoms with Crippen molar-refractivity contribution in [2.24, 2.45) is 0 Å². The first-order valence-electron chi connectivity index (χ1n) is 14.4. The van der Waals surface area contributed by atoms with Gasteiger partial charge >= 0.3 is 0 Å². The van der Waals surface area contributed by atoms with E-state index in [0.29, 0.717) is 0 Å². The van der Waals surface area contributed by atoms with Crippen molar-refractivity contribution < 1.29 is 0 Å². The van der Waals surface area contributed by atoms with Crippen LogP contribution in [0.3, 0.4) is 0 Å². The SMILES string of the molecule is C=CCC/C=C1\CC(/C(C=C)=C/C=C\C)=c2ccccc2=C1c1ccc(-n2c3ccccc3c3ccccc32)cc1. The molecule has 4 aromatic carbocycles. The van der Waals surface area contributed by atoms with Gasteiger partial charge < -0.3 is 4.57 Å². The molecule has 0 saturated heterocycles. The lowest BCUT2D eigenvalue weighted by molar-refractivity contribution is 1.03. The lowest BCUT2D eigenvalue weighted by Gasteiger charge is -2.22. The summed E-state index contributed by atoms with van der Waals surface area (Å²) in [5.74, 6) is 0. The van der Waals surface area contributed by atoms with Crippen molar-refractivity contribution in [3.63, 3.8) is 0 Å². The summed E-state index contributed by atoms with van der Waals surface area (Å²) in [6.45, 7) is 10.2. The Labute approximate surface area is 242 Å². The van der Waals surface area contributed by atoms with E-state index in [1.54, 1.807) is 0 Å². The smallest absolute Gasteiger partial charge is 0.0541 e. The van der Waals surface area contributed by atoms with Crippen molar-refractivity contribution in [1.82, 2.24) is 4.57 Å². The first-order chi connectivity index (χ1) is 20.2. The summed E-state index contributed by atoms with van der Waals surface area (Å²) in [4.78, 5) is 0. The largest absolute Gasteiger partial charge is 0.309 e. The molecule has 1 aromatic heterocycles. The van der Waals surface area contributed by atoms with Gasteiger partial charge in [-0.3, -0.25) is 0 Å². The number of nitrogens with zero attached hydrogens (tertiary/aromatic N) is 1. The van der Waals surface area contributed by atoms with Crippen LogP contribution in [-0.2, 0) is 0 Å². The van der Waals surface area contributed by atoms with E-state index in [1.807, 2.05) is 19.1 Å². The molecule has 0 unspecified atom stereocenters. The number of aromatic nitrogens is 1. The number of hydrogen-bond acceptors (Lipinski definition) is 0. The van der Waals surface area contributed by atoms with Crippen LogP contribution in [0, 0.1) is 0 Å². The molecule has 0 spiro atoms. The number of rotatable bonds is 8. The predicted octanol–water partition coefficient (Wildman–Crippen LogP) is 9.12. The zero-order chi connectivity index (χ0) is 28.2. The van der Waals surface area contributed by atoms with E-state index in [9.17, 15) is 0 Å². The molecule has 1 heteroatoms. The van der Waals surface area contributed by atoms with Crippen LogP contribution in [0.5, 0.6) is 0 Å². The van der Waals surface area contributed by atoms with Crippen LogP contribution in [0.4, 0.5) is 0 Å². The first-order valence-corrected chi connectivity index (χ1v) is 14.4. The molecule has 0 N–H and O–H groups in total. The van der Waals surface area contributed by atoms with Gasteiger partial charge in [0.2, 0.25) is 0 Å². The molecule has 1 aliphatic carbocycles. The van der Waals surface area contributed by atoms with Crippen molar-refractivity contribution in [2.75, 3.05) is 0 Å². The van der Waals surface area contributed by atoms with Crippen LogP contribution < -0.4 is 10.4 Å². The van der Waals surface area contributed by atoms with E-state index in [1.165, 1.54) is 65.8 Å². The lowest BCUT2D eigenvalue weighted by atomic mass is 9.82. The molecular formula is C40H35N. The average molecular weight is 530 g/mol. The monoisotopic (exact) mass is 529 g/mol. The van der Waals surface area contributed by atoms with Crippen molar-refractivity contribution in [3.8, 4) is 5.69 Å². The molecule has 5 aromatic rings. The van der Waals surface area contributed by atoms with E-state index < -0.39 is 0 Å². The van der Waals surface area contributed by atoms with Gasteiger partial charge in [0, 0.05) is 16.5 Å². The van der Waals surface area contributed by atoms with Gasteiger partial charge in [-0.05, 0) is 88.7 Å². The minimum Gasteiger partial charge on any atom is -0.309 e. The molecule has 200 valence electrons. The Hall–Kier alpha value is -4.88. The van der Waals surface area contributed by atoms with Crippen LogP contribution in [0.15, 0.2) is 158 Å². The maximum Gasteiger partial charge on any atom is 0.0541 e. The molecule has 0 radical (unpaired) electrons. The van der Waals surface area contributed by atoms with Gasteiger partial charge in [0.05, 0.1) is 11.0 Å². The van der Waals surface area contributed by atoms with Crippen molar-refractivity contribution >= 4 is 33.0 Å². The van der Waals surface area contributed by atoms with Gasteiger partial charge in [-0.15, -0.1) is 6.58 Å². The second kappa shape index (κ2) is 11.7. The summed E-state index contributed by atoms with van der Waals surface area (Å²) in [6.07, 6.45) is 15.5. The Morgan fingerprint density at radius 2 is 1.39 bits per heavy atom. The highest BCUT2D eigenvalue weighted by Crippen LogP contribution is 2.35. The molecule has 1 nitrogen and oxygen atoms in total. The molecule has 0 aliphatic heterocycles. The molecule has 0 fully saturated rings. The van der Waals surface area contributed by atoms with E-state index in [2.05, 4.69) is 139 Å². The van der Waals surface area contributed by atoms with Gasteiger partial charge in [0.1, 0.15) is 0 Å². The Balaban J connectivity index is 1.57. The van der Waals surface area contributed by atoms with Gasteiger partial charge in [-0.2, -0.15) is 0 Å². The van der Waals surface area contributed by atoms with Gasteiger partial charge in [0.25, 0.3) is 0 Å². The lowest BCUT2D eigenvalue weighted by Crippen LogP contribution is -2.33. The molecule has 1 heterocycles. The molecule has 1 aliphatic rings. The fourth-order valence-electron chi connectivity index (χ4n) is 6.13. The molecule has 41 heavy (non-hydrogen) atoms. The van der Waals surface area contributed by atoms with Crippen LogP contribution >= 0.6 is 0 Å². The standard InChI is InChI=1S/C40H35N/c1-4-7-9-17-31-28-37(29(6-3)16-8-5-2)33-18-10-11-21-36(33)40(31)30-24-26-32(27-25-30)41-38-22-14-12-19-34(38)35-20-13-15-23-39(35)41/h4-6,8,10-27H,1,3,7,9,28H2,2H3/b8-5-,29-16+,31-17+. The molecule has 0 saturated carbocycles. The summed E-state index contributed by atoms with van der Waals surface area (Å²) >= 11 is 0. The van der Waals surface area contributed by atoms with E-state index in [4.69, 9.17) is 0 Å². The Bertz CT molecular complexity index is 1930. The Morgan fingerprint density at radius 1 is 0.756 bits per heavy atom. The van der Waals surface area contributed by atoms with E-state index in [-0.39, 0.29) is 0 Å². The van der Waals surface area contributed by atoms with Crippen molar-refractivity contribution in [2.45, 2.75) is 26.2 Å². The predicted molar refractivity (Wildman–Crippen MR) is 178 cm³/mol. The minimum absolute atomic E-state index is 0.869. The molecule has 6 rings (SSSR count). The normalized spacial score (nSPS) is 14.8. The number of allylic oxidation sites excluding steroid dienone is 8. The fraction of sp³-hybridized carbons (Fsp3) is 0.100. The molecule has 0 amide bonds. The van der Waals surface area contributed by atoms with Crippen LogP contribution in [0.2, 0.25) is 0 Å². The highest BCUT2D eigenvalue weighted by molar-refractivity contribution is 6.09. The topological polar surface area (TPSA) is 4.93 Å². The summed E-state index contributed by atoms with van der Waals surface area (Å²) < 4.78 is 2.38. The third-order valence-electron chi connectivity index (χ3n) is 8.00. The molecule has 0 atom stereocenters. The zero-order valence-corrected chi connectivity index (χ0v) is 23.7. The number of fused-ring (bicyclic) bond motifs is 4. The van der Waals surface area contributed by atoms with Crippen LogP contribution in [0.25, 0.3) is 38.6 Å². The van der Waals surface area contributed by atoms with Crippen molar-refractivity contribution in [3.05, 3.63) is 174 Å². The van der Waals surface area contributed by atoms with Crippen LogP contribution in [-0.4, -0.2) is 4.57 Å².